The van der Waals surface area contributed by atoms with Crippen LogP contribution in [0, 0.1) is 5.41 Å². The van der Waals surface area contributed by atoms with Crippen LogP contribution in [0.2, 0.25) is 0 Å². The molecule has 0 bridgehead atoms. The number of methoxy groups -OCH3 is 1. The van der Waals surface area contributed by atoms with Crippen molar-refractivity contribution in [3.63, 3.8) is 0 Å². The van der Waals surface area contributed by atoms with E-state index < -0.39 is 0 Å². The van der Waals surface area contributed by atoms with Crippen molar-refractivity contribution in [2.75, 3.05) is 14.2 Å². The summed E-state index contributed by atoms with van der Waals surface area (Å²) in [5, 5.41) is 3.42. The van der Waals surface area contributed by atoms with Gasteiger partial charge in [0.2, 0.25) is 0 Å². The van der Waals surface area contributed by atoms with Gasteiger partial charge < -0.3 is 10.1 Å². The number of hydrogen-bond acceptors (Lipinski definition) is 2. The highest BCUT2D eigenvalue weighted by Gasteiger charge is 2.22. The zero-order valence-corrected chi connectivity index (χ0v) is 12.3. The monoisotopic (exact) mass is 229 g/mol. The molecule has 0 rings (SSSR count). The molecule has 0 aliphatic rings. The van der Waals surface area contributed by atoms with Crippen molar-refractivity contribution in [2.45, 2.75) is 71.9 Å². The van der Waals surface area contributed by atoms with E-state index in [-0.39, 0.29) is 5.60 Å². The Hall–Kier alpha value is -0.0800. The summed E-state index contributed by atoms with van der Waals surface area (Å²) in [4.78, 5) is 0. The van der Waals surface area contributed by atoms with Gasteiger partial charge in [0.15, 0.2) is 0 Å². The molecule has 0 aromatic carbocycles. The summed E-state index contributed by atoms with van der Waals surface area (Å²) in [6, 6.07) is 0.609. The lowest BCUT2D eigenvalue weighted by atomic mass is 9.83. The maximum absolute atomic E-state index is 5.42. The maximum atomic E-state index is 5.42. The van der Waals surface area contributed by atoms with Crippen LogP contribution in [0.25, 0.3) is 0 Å². The van der Waals surface area contributed by atoms with Gasteiger partial charge in [-0.2, -0.15) is 0 Å². The molecule has 16 heavy (non-hydrogen) atoms. The van der Waals surface area contributed by atoms with Crippen LogP contribution in [0.5, 0.6) is 0 Å². The van der Waals surface area contributed by atoms with Gasteiger partial charge in [0, 0.05) is 13.2 Å². The van der Waals surface area contributed by atoms with Crippen LogP contribution < -0.4 is 5.32 Å². The van der Waals surface area contributed by atoms with E-state index >= 15 is 0 Å². The van der Waals surface area contributed by atoms with Gasteiger partial charge in [-0.3, -0.25) is 0 Å². The molecule has 0 aromatic heterocycles. The second-order valence-corrected chi connectivity index (χ2v) is 6.42. The zero-order valence-electron chi connectivity index (χ0n) is 12.3. The molecule has 1 atom stereocenters. The summed E-state index contributed by atoms with van der Waals surface area (Å²) in [5.41, 5.74) is 0.391. The first kappa shape index (κ1) is 15.9. The first-order valence-electron chi connectivity index (χ1n) is 6.45. The number of hydrogen-bond donors (Lipinski definition) is 1. The van der Waals surface area contributed by atoms with E-state index in [1.54, 1.807) is 7.11 Å². The van der Waals surface area contributed by atoms with Crippen LogP contribution in [0.4, 0.5) is 0 Å². The Morgan fingerprint density at radius 2 is 1.62 bits per heavy atom. The third kappa shape index (κ3) is 6.49. The summed E-state index contributed by atoms with van der Waals surface area (Å²) in [5.74, 6) is 0. The molecule has 0 aromatic rings. The average Bonchev–Trinajstić information content (AvgIpc) is 2.15. The van der Waals surface area contributed by atoms with E-state index in [0.29, 0.717) is 11.5 Å². The lowest BCUT2D eigenvalue weighted by molar-refractivity contribution is 0.0131. The molecule has 1 N–H and O–H groups in total. The second kappa shape index (κ2) is 6.61. The van der Waals surface area contributed by atoms with E-state index in [1.807, 2.05) is 0 Å². The maximum Gasteiger partial charge on any atom is 0.0622 e. The third-order valence-electron chi connectivity index (χ3n) is 3.47. The van der Waals surface area contributed by atoms with Crippen molar-refractivity contribution in [1.29, 1.82) is 0 Å². The summed E-state index contributed by atoms with van der Waals surface area (Å²) in [6.07, 6.45) is 4.91. The van der Waals surface area contributed by atoms with Gasteiger partial charge in [0.05, 0.1) is 5.60 Å². The summed E-state index contributed by atoms with van der Waals surface area (Å²) in [6.45, 7) is 11.2. The first-order chi connectivity index (χ1) is 7.23. The Bertz CT molecular complexity index is 182. The molecule has 0 amide bonds. The highest BCUT2D eigenvalue weighted by molar-refractivity contribution is 4.79. The summed E-state index contributed by atoms with van der Waals surface area (Å²) in [7, 11) is 3.86. The van der Waals surface area contributed by atoms with Gasteiger partial charge in [-0.15, -0.1) is 0 Å². The fourth-order valence-corrected chi connectivity index (χ4v) is 2.01. The average molecular weight is 229 g/mol. The lowest BCUT2D eigenvalue weighted by Crippen LogP contribution is -2.37. The lowest BCUT2D eigenvalue weighted by Gasteiger charge is -2.31. The molecule has 0 saturated heterocycles. The number of rotatable bonds is 7. The molecule has 2 heteroatoms. The number of ether oxygens (including phenoxy) is 1. The van der Waals surface area contributed by atoms with Crippen LogP contribution in [0.3, 0.4) is 0 Å². The quantitative estimate of drug-likeness (QED) is 0.673. The smallest absolute Gasteiger partial charge is 0.0622 e. The van der Waals surface area contributed by atoms with Gasteiger partial charge in [-0.25, -0.2) is 0 Å². The van der Waals surface area contributed by atoms with E-state index in [4.69, 9.17) is 4.74 Å². The second-order valence-electron chi connectivity index (χ2n) is 6.42. The summed E-state index contributed by atoms with van der Waals surface area (Å²) >= 11 is 0. The molecule has 0 heterocycles. The Morgan fingerprint density at radius 1 is 1.06 bits per heavy atom. The number of nitrogens with one attached hydrogen (secondary N) is 1. The molecule has 1 unspecified atom stereocenters. The van der Waals surface area contributed by atoms with E-state index in [9.17, 15) is 0 Å². The molecule has 2 nitrogen and oxygen atoms in total. The van der Waals surface area contributed by atoms with Gasteiger partial charge in [0.1, 0.15) is 0 Å². The molecule has 0 fully saturated rings. The Kier molecular flexibility index (Phi) is 6.57. The van der Waals surface area contributed by atoms with Crippen LogP contribution >= 0.6 is 0 Å². The van der Waals surface area contributed by atoms with Crippen LogP contribution in [0.1, 0.15) is 60.3 Å². The van der Waals surface area contributed by atoms with E-state index in [0.717, 1.165) is 6.42 Å². The van der Waals surface area contributed by atoms with Crippen molar-refractivity contribution < 1.29 is 4.74 Å². The molecular weight excluding hydrogens is 198 g/mol. The van der Waals surface area contributed by atoms with Crippen molar-refractivity contribution >= 4 is 0 Å². The standard InChI is InChI=1S/C14H31NO/c1-13(2,3)12(15-6)10-8-9-11-14(4,5)16-7/h12,15H,8-11H2,1-7H3. The summed E-state index contributed by atoms with van der Waals surface area (Å²) < 4.78 is 5.42. The third-order valence-corrected chi connectivity index (χ3v) is 3.47. The van der Waals surface area contributed by atoms with Crippen LogP contribution in [-0.4, -0.2) is 25.8 Å². The van der Waals surface area contributed by atoms with Crippen molar-refractivity contribution in [1.82, 2.24) is 5.32 Å². The van der Waals surface area contributed by atoms with Crippen LogP contribution in [-0.2, 0) is 4.74 Å². The van der Waals surface area contributed by atoms with E-state index in [1.165, 1.54) is 19.3 Å². The van der Waals surface area contributed by atoms with Crippen molar-refractivity contribution in [2.24, 2.45) is 5.41 Å². The van der Waals surface area contributed by atoms with E-state index in [2.05, 4.69) is 47.0 Å². The zero-order chi connectivity index (χ0) is 12.8. The van der Waals surface area contributed by atoms with Crippen molar-refractivity contribution in [3.05, 3.63) is 0 Å². The highest BCUT2D eigenvalue weighted by atomic mass is 16.5. The molecule has 0 radical (unpaired) electrons. The highest BCUT2D eigenvalue weighted by Crippen LogP contribution is 2.24. The minimum atomic E-state index is 0.0386. The van der Waals surface area contributed by atoms with Gasteiger partial charge in [-0.05, 0) is 39.2 Å². The van der Waals surface area contributed by atoms with Crippen molar-refractivity contribution in [3.8, 4) is 0 Å². The minimum Gasteiger partial charge on any atom is -0.379 e. The minimum absolute atomic E-state index is 0.0386. The first-order valence-corrected chi connectivity index (χ1v) is 6.45. The largest absolute Gasteiger partial charge is 0.379 e. The molecule has 0 saturated carbocycles. The topological polar surface area (TPSA) is 21.3 Å². The predicted molar refractivity (Wildman–Crippen MR) is 71.9 cm³/mol. The molecule has 0 aliphatic heterocycles. The van der Waals surface area contributed by atoms with Crippen LogP contribution in [0.15, 0.2) is 0 Å². The Balaban J connectivity index is 3.81. The Labute approximate surface area is 102 Å². The Morgan fingerprint density at radius 3 is 2.00 bits per heavy atom. The normalized spacial score (nSPS) is 15.2. The van der Waals surface area contributed by atoms with Gasteiger partial charge in [-0.1, -0.05) is 33.6 Å². The fourth-order valence-electron chi connectivity index (χ4n) is 2.01. The molecule has 98 valence electrons. The predicted octanol–water partition coefficient (Wildman–Crippen LogP) is 3.61. The molecular formula is C14H31NO. The van der Waals surface area contributed by atoms with Gasteiger partial charge in [0.25, 0.3) is 0 Å². The number of unbranched alkanes of at least 4 members (excludes halogenated alkanes) is 1. The fraction of sp³-hybridized carbons (Fsp3) is 1.00. The molecule has 0 aliphatic carbocycles. The SMILES string of the molecule is CNC(CCCCC(C)(C)OC)C(C)(C)C. The molecule has 0 spiro atoms. The van der Waals surface area contributed by atoms with Gasteiger partial charge >= 0.3 is 0 Å².